The monoisotopic (exact) mass is 452 g/mol. The van der Waals surface area contributed by atoms with E-state index < -0.39 is 12.1 Å². The van der Waals surface area contributed by atoms with Crippen molar-refractivity contribution in [2.75, 3.05) is 13.2 Å². The van der Waals surface area contributed by atoms with Gasteiger partial charge in [-0.15, -0.1) is 0 Å². The van der Waals surface area contributed by atoms with Crippen LogP contribution >= 0.6 is 0 Å². The maximum atomic E-state index is 12.3. The van der Waals surface area contributed by atoms with E-state index in [9.17, 15) is 9.59 Å². The van der Waals surface area contributed by atoms with E-state index in [2.05, 4.69) is 29.6 Å². The van der Waals surface area contributed by atoms with Crippen molar-refractivity contribution in [3.8, 4) is 11.1 Å². The van der Waals surface area contributed by atoms with Gasteiger partial charge in [0.15, 0.2) is 0 Å². The third-order valence-electron chi connectivity index (χ3n) is 6.13. The van der Waals surface area contributed by atoms with Crippen LogP contribution in [0.1, 0.15) is 22.6 Å². The van der Waals surface area contributed by atoms with Crippen LogP contribution in [-0.4, -0.2) is 34.9 Å². The van der Waals surface area contributed by atoms with Gasteiger partial charge in [-0.2, -0.15) is 0 Å². The van der Waals surface area contributed by atoms with Crippen molar-refractivity contribution in [2.45, 2.75) is 12.5 Å². The summed E-state index contributed by atoms with van der Waals surface area (Å²) in [4.78, 5) is 23.5. The Balaban J connectivity index is 1.20. The van der Waals surface area contributed by atoms with Gasteiger partial charge >= 0.3 is 12.1 Å². The number of nitrogens with one attached hydrogen (secondary N) is 1. The van der Waals surface area contributed by atoms with Crippen LogP contribution in [0.5, 0.6) is 0 Å². The van der Waals surface area contributed by atoms with Crippen LogP contribution in [0.25, 0.3) is 28.1 Å². The zero-order chi connectivity index (χ0) is 23.5. The molecule has 170 valence electrons. The molecule has 0 aliphatic heterocycles. The van der Waals surface area contributed by atoms with Crippen molar-refractivity contribution in [1.82, 2.24) is 9.88 Å². The average molecular weight is 453 g/mol. The van der Waals surface area contributed by atoms with Crippen molar-refractivity contribution < 1.29 is 19.4 Å². The maximum absolute atomic E-state index is 12.3. The third-order valence-corrected chi connectivity index (χ3v) is 6.13. The molecule has 34 heavy (non-hydrogen) atoms. The van der Waals surface area contributed by atoms with Crippen molar-refractivity contribution in [1.29, 1.82) is 0 Å². The van der Waals surface area contributed by atoms with Crippen molar-refractivity contribution in [3.63, 3.8) is 0 Å². The number of benzene rings is 3. The van der Waals surface area contributed by atoms with Gasteiger partial charge in [0.05, 0.1) is 0 Å². The molecule has 0 fully saturated rings. The fourth-order valence-corrected chi connectivity index (χ4v) is 4.66. The molecule has 4 aromatic rings. The molecule has 1 heterocycles. The minimum Gasteiger partial charge on any atom is -0.480 e. The molecule has 1 aromatic heterocycles. The molecule has 5 rings (SSSR count). The number of carboxylic acids is 1. The first-order valence-corrected chi connectivity index (χ1v) is 11.2. The lowest BCUT2D eigenvalue weighted by Gasteiger charge is -2.14. The molecule has 1 aliphatic rings. The Bertz CT molecular complexity index is 1360. The van der Waals surface area contributed by atoms with Gasteiger partial charge in [-0.05, 0) is 33.9 Å². The van der Waals surface area contributed by atoms with Gasteiger partial charge in [0.1, 0.15) is 13.2 Å². The number of aliphatic carboxylic acids is 1. The SMILES string of the molecule is O=C(O)Cn1cc(C=CCNC(=O)OCC2c3ccccc3-c3ccccc32)c2ccccc21. The first-order valence-electron chi connectivity index (χ1n) is 11.2. The zero-order valence-electron chi connectivity index (χ0n) is 18.5. The Hall–Kier alpha value is -4.32. The Morgan fingerprint density at radius 2 is 1.59 bits per heavy atom. The van der Waals surface area contributed by atoms with Crippen LogP contribution in [-0.2, 0) is 16.1 Å². The molecule has 6 nitrogen and oxygen atoms in total. The number of aromatic nitrogens is 1. The number of fused-ring (bicyclic) bond motifs is 4. The molecule has 0 atom stereocenters. The molecule has 1 aliphatic carbocycles. The number of alkyl carbamates (subject to hydrolysis) is 1. The van der Waals surface area contributed by atoms with Gasteiger partial charge in [0.2, 0.25) is 0 Å². The van der Waals surface area contributed by atoms with E-state index in [1.807, 2.05) is 66.9 Å². The molecular formula is C28H24N2O4. The molecule has 6 heteroatoms. The summed E-state index contributed by atoms with van der Waals surface area (Å²) in [5.41, 5.74) is 6.48. The first-order chi connectivity index (χ1) is 16.6. The summed E-state index contributed by atoms with van der Waals surface area (Å²) in [6.07, 6.45) is 5.04. The maximum Gasteiger partial charge on any atom is 0.407 e. The number of carbonyl (C=O) groups is 2. The summed E-state index contributed by atoms with van der Waals surface area (Å²) >= 11 is 0. The van der Waals surface area contributed by atoms with E-state index >= 15 is 0 Å². The standard InChI is InChI=1S/C28H24N2O4/c31-27(32)17-30-16-19(20-9-5-6-14-26(20)30)8-7-15-29-28(33)34-18-25-23-12-3-1-10-21(23)22-11-2-4-13-24(22)25/h1-14,16,25H,15,17-18H2,(H,29,33)(H,31,32). The number of hydrogen-bond donors (Lipinski definition) is 2. The molecule has 0 radical (unpaired) electrons. The summed E-state index contributed by atoms with van der Waals surface area (Å²) in [6, 6.07) is 24.1. The van der Waals surface area contributed by atoms with Crippen LogP contribution in [0, 0.1) is 0 Å². The predicted molar refractivity (Wildman–Crippen MR) is 132 cm³/mol. The second-order valence-electron chi connectivity index (χ2n) is 8.23. The number of nitrogens with zero attached hydrogens (tertiary/aromatic N) is 1. The number of ether oxygens (including phenoxy) is 1. The van der Waals surface area contributed by atoms with Crippen molar-refractivity contribution in [3.05, 3.63) is 102 Å². The Morgan fingerprint density at radius 3 is 2.29 bits per heavy atom. The van der Waals surface area contributed by atoms with Gasteiger partial charge in [-0.25, -0.2) is 4.79 Å². The van der Waals surface area contributed by atoms with E-state index in [0.717, 1.165) is 16.5 Å². The van der Waals surface area contributed by atoms with Crippen LogP contribution in [0.2, 0.25) is 0 Å². The molecular weight excluding hydrogens is 428 g/mol. The molecule has 2 N–H and O–H groups in total. The van der Waals surface area contributed by atoms with Gasteiger partial charge < -0.3 is 19.7 Å². The molecule has 0 unspecified atom stereocenters. The van der Waals surface area contributed by atoms with Crippen molar-refractivity contribution >= 4 is 29.0 Å². The van der Waals surface area contributed by atoms with E-state index in [0.29, 0.717) is 6.54 Å². The zero-order valence-corrected chi connectivity index (χ0v) is 18.5. The Kier molecular flexibility index (Phi) is 5.87. The molecule has 0 saturated heterocycles. The van der Waals surface area contributed by atoms with Crippen LogP contribution in [0.4, 0.5) is 4.79 Å². The highest BCUT2D eigenvalue weighted by Gasteiger charge is 2.28. The Labute approximate surface area is 197 Å². The lowest BCUT2D eigenvalue weighted by Crippen LogP contribution is -2.26. The second kappa shape index (κ2) is 9.27. The lowest BCUT2D eigenvalue weighted by molar-refractivity contribution is -0.137. The highest BCUT2D eigenvalue weighted by Crippen LogP contribution is 2.44. The largest absolute Gasteiger partial charge is 0.480 e. The van der Waals surface area contributed by atoms with Crippen LogP contribution < -0.4 is 5.32 Å². The van der Waals surface area contributed by atoms with Gasteiger partial charge in [0, 0.05) is 29.6 Å². The summed E-state index contributed by atoms with van der Waals surface area (Å²) in [5, 5.41) is 12.9. The fourth-order valence-electron chi connectivity index (χ4n) is 4.66. The van der Waals surface area contributed by atoms with Crippen molar-refractivity contribution in [2.24, 2.45) is 0 Å². The highest BCUT2D eigenvalue weighted by atomic mass is 16.5. The molecule has 0 bridgehead atoms. The summed E-state index contributed by atoms with van der Waals surface area (Å²) in [5.74, 6) is -0.873. The van der Waals surface area contributed by atoms with E-state index in [-0.39, 0.29) is 19.1 Å². The number of carbonyl (C=O) groups excluding carboxylic acids is 1. The molecule has 0 saturated carbocycles. The third kappa shape index (κ3) is 4.18. The topological polar surface area (TPSA) is 80.6 Å². The van der Waals surface area contributed by atoms with E-state index in [1.165, 1.54) is 22.3 Å². The fraction of sp³-hybridized carbons (Fsp3) is 0.143. The van der Waals surface area contributed by atoms with E-state index in [4.69, 9.17) is 9.84 Å². The summed E-state index contributed by atoms with van der Waals surface area (Å²) < 4.78 is 7.26. The van der Waals surface area contributed by atoms with E-state index in [1.54, 1.807) is 4.57 Å². The predicted octanol–water partition coefficient (Wildman–Crippen LogP) is 5.28. The lowest BCUT2D eigenvalue weighted by atomic mass is 9.98. The molecule has 0 spiro atoms. The number of amides is 1. The number of para-hydroxylation sites is 1. The second-order valence-corrected chi connectivity index (χ2v) is 8.23. The average Bonchev–Trinajstić information content (AvgIpc) is 3.36. The van der Waals surface area contributed by atoms with Gasteiger partial charge in [-0.1, -0.05) is 78.9 Å². The normalized spacial score (nSPS) is 12.6. The van der Waals surface area contributed by atoms with Crippen LogP contribution in [0.3, 0.4) is 0 Å². The smallest absolute Gasteiger partial charge is 0.407 e. The minimum absolute atomic E-state index is 0.0223. The quantitative estimate of drug-likeness (QED) is 0.400. The first kappa shape index (κ1) is 21.5. The molecule has 3 aromatic carbocycles. The minimum atomic E-state index is -0.895. The summed E-state index contributed by atoms with van der Waals surface area (Å²) in [6.45, 7) is 0.466. The van der Waals surface area contributed by atoms with Gasteiger partial charge in [0.25, 0.3) is 0 Å². The summed E-state index contributed by atoms with van der Waals surface area (Å²) in [7, 11) is 0. The highest BCUT2D eigenvalue weighted by molar-refractivity contribution is 5.90. The number of carboxylic acid groups (broad SMARTS) is 1. The molecule has 1 amide bonds. The number of hydrogen-bond acceptors (Lipinski definition) is 3. The Morgan fingerprint density at radius 1 is 0.941 bits per heavy atom. The number of rotatable bonds is 7. The van der Waals surface area contributed by atoms with Crippen LogP contribution in [0.15, 0.2) is 85.1 Å². The van der Waals surface area contributed by atoms with Gasteiger partial charge in [-0.3, -0.25) is 4.79 Å².